The Hall–Kier alpha value is -1.80. The molecule has 9 heteroatoms. The van der Waals surface area contributed by atoms with Crippen LogP contribution in [0.3, 0.4) is 0 Å². The van der Waals surface area contributed by atoms with Crippen molar-refractivity contribution >= 4 is 56.6 Å². The van der Waals surface area contributed by atoms with Gasteiger partial charge < -0.3 is 4.90 Å². The lowest BCUT2D eigenvalue weighted by Crippen LogP contribution is -2.36. The normalized spacial score (nSPS) is 10.9. The average Bonchev–Trinajstić information content (AvgIpc) is 2.98. The summed E-state index contributed by atoms with van der Waals surface area (Å²) in [5.41, 5.74) is 0.460. The zero-order chi connectivity index (χ0) is 18.8. The lowest BCUT2D eigenvalue weighted by Gasteiger charge is -2.22. The Morgan fingerprint density at radius 3 is 2.59 bits per heavy atom. The van der Waals surface area contributed by atoms with Gasteiger partial charge in [0.2, 0.25) is 0 Å². The fourth-order valence-electron chi connectivity index (χ4n) is 2.42. The van der Waals surface area contributed by atoms with Crippen LogP contribution in [-0.4, -0.2) is 43.0 Å². The van der Waals surface area contributed by atoms with E-state index in [2.05, 4.69) is 4.98 Å². The lowest BCUT2D eigenvalue weighted by molar-refractivity contribution is 0.0985. The summed E-state index contributed by atoms with van der Waals surface area (Å²) in [6.45, 7) is 0.932. The van der Waals surface area contributed by atoms with Crippen molar-refractivity contribution < 1.29 is 13.6 Å². The molecule has 144 valence electrons. The van der Waals surface area contributed by atoms with Gasteiger partial charge in [-0.3, -0.25) is 9.69 Å². The minimum atomic E-state index is -0.745. The molecule has 0 aliphatic heterocycles. The third-order valence-electron chi connectivity index (χ3n) is 3.72. The highest BCUT2D eigenvalue weighted by molar-refractivity contribution is 7.22. The topological polar surface area (TPSA) is 36.4 Å². The van der Waals surface area contributed by atoms with Crippen molar-refractivity contribution in [2.75, 3.05) is 32.1 Å². The Morgan fingerprint density at radius 1 is 1.19 bits per heavy atom. The van der Waals surface area contributed by atoms with Gasteiger partial charge in [-0.2, -0.15) is 0 Å². The minimum Gasteiger partial charge on any atom is -0.308 e. The first kappa shape index (κ1) is 21.5. The van der Waals surface area contributed by atoms with Gasteiger partial charge in [-0.25, -0.2) is 13.8 Å². The summed E-state index contributed by atoms with van der Waals surface area (Å²) in [4.78, 5) is 20.6. The highest BCUT2D eigenvalue weighted by atomic mass is 35.5. The summed E-state index contributed by atoms with van der Waals surface area (Å²) in [6.07, 6.45) is 0. The molecule has 0 bridgehead atoms. The van der Waals surface area contributed by atoms with E-state index in [9.17, 15) is 13.6 Å². The number of anilines is 1. The maximum atomic E-state index is 14.0. The Bertz CT molecular complexity index is 965. The number of nitrogens with zero attached hydrogens (tertiary/aromatic N) is 3. The molecule has 1 heterocycles. The maximum Gasteiger partial charge on any atom is 0.260 e. The molecule has 3 aromatic rings. The monoisotopic (exact) mass is 431 g/mol. The van der Waals surface area contributed by atoms with Crippen LogP contribution in [0.4, 0.5) is 13.9 Å². The Labute approximate surface area is 170 Å². The minimum absolute atomic E-state index is 0. The molecule has 0 aliphatic rings. The predicted octanol–water partition coefficient (Wildman–Crippen LogP) is 4.86. The number of thiazole rings is 1. The standard InChI is InChI=1S/C18H16ClF2N3OS.ClH/c1-23(2)6-7-24(17(25)11-4-3-5-12(19)8-11)18-22-16-14(21)9-13(20)10-15(16)26-18;/h3-5,8-10H,6-7H2,1-2H3;1H. The first-order valence-corrected chi connectivity index (χ1v) is 9.02. The van der Waals surface area contributed by atoms with Crippen molar-refractivity contribution in [1.82, 2.24) is 9.88 Å². The molecular formula is C18H17Cl2F2N3OS. The van der Waals surface area contributed by atoms with Gasteiger partial charge in [0, 0.05) is 29.7 Å². The molecule has 2 aromatic carbocycles. The van der Waals surface area contributed by atoms with Crippen LogP contribution in [0.5, 0.6) is 0 Å². The summed E-state index contributed by atoms with van der Waals surface area (Å²) >= 11 is 7.06. The van der Waals surface area contributed by atoms with Gasteiger partial charge in [-0.1, -0.05) is 29.0 Å². The molecule has 0 saturated carbocycles. The quantitative estimate of drug-likeness (QED) is 0.578. The van der Waals surface area contributed by atoms with E-state index in [4.69, 9.17) is 11.6 Å². The first-order chi connectivity index (χ1) is 12.3. The second-order valence-corrected chi connectivity index (χ2v) is 7.45. The van der Waals surface area contributed by atoms with Crippen LogP contribution < -0.4 is 4.90 Å². The number of benzene rings is 2. The largest absolute Gasteiger partial charge is 0.308 e. The van der Waals surface area contributed by atoms with Crippen LogP contribution in [0.15, 0.2) is 36.4 Å². The second-order valence-electron chi connectivity index (χ2n) is 6.00. The molecule has 0 atom stereocenters. The number of rotatable bonds is 5. The summed E-state index contributed by atoms with van der Waals surface area (Å²) in [6, 6.07) is 8.60. The van der Waals surface area contributed by atoms with Gasteiger partial charge in [-0.15, -0.1) is 12.4 Å². The van der Waals surface area contributed by atoms with Crippen molar-refractivity contribution in [3.05, 3.63) is 58.6 Å². The molecule has 0 N–H and O–H groups in total. The van der Waals surface area contributed by atoms with Crippen LogP contribution >= 0.6 is 35.3 Å². The van der Waals surface area contributed by atoms with Gasteiger partial charge in [0.25, 0.3) is 5.91 Å². The molecule has 0 spiro atoms. The van der Waals surface area contributed by atoms with Gasteiger partial charge in [0.1, 0.15) is 11.3 Å². The van der Waals surface area contributed by atoms with E-state index in [1.807, 2.05) is 19.0 Å². The first-order valence-electron chi connectivity index (χ1n) is 7.83. The molecule has 4 nitrogen and oxygen atoms in total. The van der Waals surface area contributed by atoms with E-state index in [1.54, 1.807) is 24.3 Å². The van der Waals surface area contributed by atoms with Gasteiger partial charge in [0.15, 0.2) is 10.9 Å². The number of aromatic nitrogens is 1. The Morgan fingerprint density at radius 2 is 1.93 bits per heavy atom. The van der Waals surface area contributed by atoms with Gasteiger partial charge in [-0.05, 0) is 38.4 Å². The molecule has 3 rings (SSSR count). The molecule has 0 radical (unpaired) electrons. The molecule has 0 unspecified atom stereocenters. The molecule has 0 aliphatic carbocycles. The third kappa shape index (κ3) is 4.93. The van der Waals surface area contributed by atoms with Crippen molar-refractivity contribution in [2.24, 2.45) is 0 Å². The fraction of sp³-hybridized carbons (Fsp3) is 0.222. The lowest BCUT2D eigenvalue weighted by atomic mass is 10.2. The van der Waals surface area contributed by atoms with Crippen LogP contribution in [-0.2, 0) is 0 Å². The van der Waals surface area contributed by atoms with E-state index < -0.39 is 11.6 Å². The molecular weight excluding hydrogens is 415 g/mol. The molecule has 1 aromatic heterocycles. The molecule has 27 heavy (non-hydrogen) atoms. The number of hydrogen-bond acceptors (Lipinski definition) is 4. The maximum absolute atomic E-state index is 14.0. The summed E-state index contributed by atoms with van der Waals surface area (Å²) in [7, 11) is 3.77. The van der Waals surface area contributed by atoms with Gasteiger partial charge in [0.05, 0.1) is 4.70 Å². The van der Waals surface area contributed by atoms with E-state index in [0.29, 0.717) is 33.5 Å². The SMILES string of the molecule is CN(C)CCN(C(=O)c1cccc(Cl)c1)c1nc2c(F)cc(F)cc2s1.Cl. The smallest absolute Gasteiger partial charge is 0.260 e. The van der Waals surface area contributed by atoms with E-state index in [0.717, 1.165) is 17.4 Å². The number of carbonyl (C=O) groups is 1. The zero-order valence-electron chi connectivity index (χ0n) is 14.6. The number of halogens is 4. The summed E-state index contributed by atoms with van der Waals surface area (Å²) in [5.74, 6) is -1.72. The highest BCUT2D eigenvalue weighted by Crippen LogP contribution is 2.32. The van der Waals surface area contributed by atoms with E-state index >= 15 is 0 Å². The second kappa shape index (κ2) is 8.93. The number of fused-ring (bicyclic) bond motifs is 1. The van der Waals surface area contributed by atoms with Crippen LogP contribution in [0.2, 0.25) is 5.02 Å². The van der Waals surface area contributed by atoms with Gasteiger partial charge >= 0.3 is 0 Å². The van der Waals surface area contributed by atoms with Crippen LogP contribution in [0.25, 0.3) is 10.2 Å². The van der Waals surface area contributed by atoms with Crippen molar-refractivity contribution in [3.63, 3.8) is 0 Å². The van der Waals surface area contributed by atoms with Crippen molar-refractivity contribution in [1.29, 1.82) is 0 Å². The average molecular weight is 432 g/mol. The van der Waals surface area contributed by atoms with Crippen LogP contribution in [0, 0.1) is 11.6 Å². The predicted molar refractivity (Wildman–Crippen MR) is 108 cm³/mol. The highest BCUT2D eigenvalue weighted by Gasteiger charge is 2.22. The number of amides is 1. The molecule has 1 amide bonds. The fourth-order valence-corrected chi connectivity index (χ4v) is 3.64. The van der Waals surface area contributed by atoms with Crippen LogP contribution in [0.1, 0.15) is 10.4 Å². The van der Waals surface area contributed by atoms with E-state index in [1.165, 1.54) is 11.0 Å². The zero-order valence-corrected chi connectivity index (χ0v) is 17.0. The number of likely N-dealkylation sites (N-methyl/N-ethyl adjacent to an activating group) is 1. The molecule has 0 saturated heterocycles. The Balaban J connectivity index is 0.00000261. The van der Waals surface area contributed by atoms with Crippen molar-refractivity contribution in [2.45, 2.75) is 0 Å². The number of hydrogen-bond donors (Lipinski definition) is 0. The third-order valence-corrected chi connectivity index (χ3v) is 4.98. The Kier molecular flexibility index (Phi) is 7.11. The molecule has 0 fully saturated rings. The summed E-state index contributed by atoms with van der Waals surface area (Å²) < 4.78 is 27.8. The summed E-state index contributed by atoms with van der Waals surface area (Å²) in [5, 5.41) is 0.761. The number of carbonyl (C=O) groups excluding carboxylic acids is 1. The van der Waals surface area contributed by atoms with E-state index in [-0.39, 0.29) is 23.8 Å². The van der Waals surface area contributed by atoms with Crippen molar-refractivity contribution in [3.8, 4) is 0 Å².